The molecule has 0 aromatic carbocycles. The quantitative estimate of drug-likeness (QED) is 0.324. The highest BCUT2D eigenvalue weighted by Crippen LogP contribution is 2.23. The zero-order valence-electron chi connectivity index (χ0n) is 22.2. The molecule has 0 spiro atoms. The first kappa shape index (κ1) is 30.3. The highest BCUT2D eigenvalue weighted by Gasteiger charge is 2.28. The number of fused-ring (bicyclic) bond motifs is 1. The van der Waals surface area contributed by atoms with Crippen molar-refractivity contribution in [3.63, 3.8) is 0 Å². The van der Waals surface area contributed by atoms with Crippen LogP contribution in [0.2, 0.25) is 0 Å². The molecule has 3 N–H and O–H groups in total. The number of allylic oxidation sites excluding steroid dienone is 5. The number of nitrogens with zero attached hydrogens (tertiary/aromatic N) is 1. The molecule has 1 amide bonds. The predicted molar refractivity (Wildman–Crippen MR) is 146 cm³/mol. The standard InChI is InChI=1S/C25H33N3O3.2C2H6/c1-2-20(27-25(31)22-16-15-21-13-9-14-24(30)28(21)22)12-7-4-8-17-26-18-23(29)19-10-5-3-6-11-19;2*1-2/h2,5,7,9-14,22-23,26,29H,3-4,6,8,15-18H2,1H3,(H,27,31);2*1-2H3/b12-7-,20-2+;;. The van der Waals surface area contributed by atoms with Crippen molar-refractivity contribution in [1.29, 1.82) is 0 Å². The summed E-state index contributed by atoms with van der Waals surface area (Å²) in [6.07, 6.45) is 16.8. The molecule has 0 bridgehead atoms. The van der Waals surface area contributed by atoms with Crippen LogP contribution in [0.4, 0.5) is 0 Å². The number of hydrogen-bond donors (Lipinski definition) is 3. The van der Waals surface area contributed by atoms with Crippen LogP contribution in [0.5, 0.6) is 0 Å². The Labute approximate surface area is 211 Å². The van der Waals surface area contributed by atoms with E-state index in [1.165, 1.54) is 6.07 Å². The van der Waals surface area contributed by atoms with Gasteiger partial charge in [-0.25, -0.2) is 0 Å². The van der Waals surface area contributed by atoms with Gasteiger partial charge in [0.15, 0.2) is 0 Å². The Morgan fingerprint density at radius 1 is 1.23 bits per heavy atom. The fourth-order valence-electron chi connectivity index (χ4n) is 3.99. The lowest BCUT2D eigenvalue weighted by Crippen LogP contribution is -2.34. The summed E-state index contributed by atoms with van der Waals surface area (Å²) in [6, 6.07) is 4.70. The van der Waals surface area contributed by atoms with E-state index in [0.29, 0.717) is 13.0 Å². The SMILES string of the molecule is C/C=C(\C=C/CCCNCC(O)C1=CCCC=C1)NC(=O)C1CCc2cccc(=O)n21.CC.CC. The minimum absolute atomic E-state index is 0.124. The molecule has 1 aliphatic heterocycles. The first-order valence-electron chi connectivity index (χ1n) is 13.2. The van der Waals surface area contributed by atoms with E-state index in [0.717, 1.165) is 55.6 Å². The van der Waals surface area contributed by atoms with E-state index in [1.54, 1.807) is 10.6 Å². The van der Waals surface area contributed by atoms with Crippen molar-refractivity contribution >= 4 is 5.91 Å². The summed E-state index contributed by atoms with van der Waals surface area (Å²) >= 11 is 0. The van der Waals surface area contributed by atoms with Crippen molar-refractivity contribution in [2.75, 3.05) is 13.1 Å². The molecule has 6 nitrogen and oxygen atoms in total. The van der Waals surface area contributed by atoms with E-state index < -0.39 is 12.1 Å². The number of aromatic nitrogens is 1. The smallest absolute Gasteiger partial charge is 0.251 e. The molecular formula is C29H45N3O3. The van der Waals surface area contributed by atoms with Gasteiger partial charge in [-0.2, -0.15) is 0 Å². The first-order chi connectivity index (χ1) is 17.1. The van der Waals surface area contributed by atoms with Crippen molar-refractivity contribution in [3.8, 4) is 0 Å². The Hall–Kier alpha value is -2.70. The monoisotopic (exact) mass is 483 g/mol. The maximum Gasteiger partial charge on any atom is 0.251 e. The molecule has 0 radical (unpaired) electrons. The number of aliphatic hydroxyl groups excluding tert-OH is 1. The van der Waals surface area contributed by atoms with Gasteiger partial charge in [0.2, 0.25) is 5.91 Å². The molecule has 2 unspecified atom stereocenters. The van der Waals surface area contributed by atoms with Gasteiger partial charge in [0.1, 0.15) is 6.04 Å². The molecule has 0 saturated carbocycles. The number of nitrogens with one attached hydrogen (secondary N) is 2. The van der Waals surface area contributed by atoms with Crippen LogP contribution in [0, 0.1) is 0 Å². The molecule has 1 aromatic heterocycles. The van der Waals surface area contributed by atoms with Gasteiger partial charge >= 0.3 is 0 Å². The maximum absolute atomic E-state index is 12.7. The van der Waals surface area contributed by atoms with Crippen LogP contribution in [0.25, 0.3) is 0 Å². The van der Waals surface area contributed by atoms with Crippen molar-refractivity contribution < 1.29 is 9.90 Å². The topological polar surface area (TPSA) is 83.4 Å². The van der Waals surface area contributed by atoms with Gasteiger partial charge in [-0.3, -0.25) is 9.59 Å². The summed E-state index contributed by atoms with van der Waals surface area (Å²) < 4.78 is 1.60. The second-order valence-corrected chi connectivity index (χ2v) is 7.96. The molecule has 194 valence electrons. The predicted octanol–water partition coefficient (Wildman–Crippen LogP) is 4.97. The molecule has 2 aliphatic rings. The fourth-order valence-corrected chi connectivity index (χ4v) is 3.99. The zero-order valence-corrected chi connectivity index (χ0v) is 22.2. The van der Waals surface area contributed by atoms with Gasteiger partial charge in [0.05, 0.1) is 6.10 Å². The lowest BCUT2D eigenvalue weighted by atomic mass is 10.0. The van der Waals surface area contributed by atoms with E-state index in [1.807, 2.05) is 65.0 Å². The van der Waals surface area contributed by atoms with Crippen LogP contribution in [-0.4, -0.2) is 34.8 Å². The molecular weight excluding hydrogens is 438 g/mol. The molecule has 0 fully saturated rings. The summed E-state index contributed by atoms with van der Waals surface area (Å²) in [5.74, 6) is -0.147. The van der Waals surface area contributed by atoms with Crippen molar-refractivity contribution in [2.45, 2.75) is 85.3 Å². The second-order valence-electron chi connectivity index (χ2n) is 7.96. The second kappa shape index (κ2) is 17.7. The molecule has 0 saturated heterocycles. The Morgan fingerprint density at radius 3 is 2.69 bits per heavy atom. The number of pyridine rings is 1. The Kier molecular flexibility index (Phi) is 15.3. The minimum Gasteiger partial charge on any atom is -0.387 e. The van der Waals surface area contributed by atoms with Gasteiger partial charge in [-0.15, -0.1) is 0 Å². The largest absolute Gasteiger partial charge is 0.387 e. The number of unbranched alkanes of at least 4 members (excludes halogenated alkanes) is 1. The zero-order chi connectivity index (χ0) is 26.1. The van der Waals surface area contributed by atoms with Gasteiger partial charge < -0.3 is 20.3 Å². The number of aliphatic hydroxyl groups is 1. The number of aryl methyl sites for hydroxylation is 1. The van der Waals surface area contributed by atoms with Crippen LogP contribution in [-0.2, 0) is 11.2 Å². The van der Waals surface area contributed by atoms with Gasteiger partial charge in [-0.1, -0.05) is 64.1 Å². The maximum atomic E-state index is 12.7. The summed E-state index contributed by atoms with van der Waals surface area (Å²) in [7, 11) is 0. The van der Waals surface area contributed by atoms with E-state index in [2.05, 4.69) is 22.8 Å². The highest BCUT2D eigenvalue weighted by molar-refractivity contribution is 5.82. The number of carbonyl (C=O) groups is 1. The molecule has 35 heavy (non-hydrogen) atoms. The third-order valence-corrected chi connectivity index (χ3v) is 5.71. The molecule has 2 atom stereocenters. The number of amides is 1. The van der Waals surface area contributed by atoms with E-state index in [-0.39, 0.29) is 11.5 Å². The summed E-state index contributed by atoms with van der Waals surface area (Å²) in [6.45, 7) is 11.3. The van der Waals surface area contributed by atoms with Crippen LogP contribution in [0.3, 0.4) is 0 Å². The molecule has 3 rings (SSSR count). The Bertz CT molecular complexity index is 941. The summed E-state index contributed by atoms with van der Waals surface area (Å²) in [5.41, 5.74) is 2.53. The van der Waals surface area contributed by atoms with Crippen LogP contribution < -0.4 is 16.2 Å². The van der Waals surface area contributed by atoms with Crippen molar-refractivity contribution in [3.05, 3.63) is 82.0 Å². The molecule has 1 aliphatic carbocycles. The van der Waals surface area contributed by atoms with E-state index in [9.17, 15) is 14.7 Å². The van der Waals surface area contributed by atoms with Crippen LogP contribution in [0.1, 0.15) is 78.5 Å². The molecule has 1 aromatic rings. The fraction of sp³-hybridized carbons (Fsp3) is 0.517. The average Bonchev–Trinajstić information content (AvgIpc) is 3.36. The summed E-state index contributed by atoms with van der Waals surface area (Å²) in [5, 5.41) is 16.4. The molecule has 2 heterocycles. The first-order valence-corrected chi connectivity index (χ1v) is 13.2. The van der Waals surface area contributed by atoms with Crippen molar-refractivity contribution in [2.24, 2.45) is 0 Å². The van der Waals surface area contributed by atoms with Gasteiger partial charge in [-0.05, 0) is 69.7 Å². The van der Waals surface area contributed by atoms with Crippen LogP contribution >= 0.6 is 0 Å². The highest BCUT2D eigenvalue weighted by atomic mass is 16.3. The number of carbonyl (C=O) groups excluding carboxylic acids is 1. The Morgan fingerprint density at radius 2 is 2.00 bits per heavy atom. The third kappa shape index (κ3) is 9.82. The van der Waals surface area contributed by atoms with Gasteiger partial charge in [0, 0.05) is 24.0 Å². The lowest BCUT2D eigenvalue weighted by molar-refractivity contribution is -0.123. The normalized spacial score (nSPS) is 17.5. The van der Waals surface area contributed by atoms with Crippen molar-refractivity contribution in [1.82, 2.24) is 15.2 Å². The van der Waals surface area contributed by atoms with Gasteiger partial charge in [0.25, 0.3) is 5.56 Å². The minimum atomic E-state index is -0.454. The summed E-state index contributed by atoms with van der Waals surface area (Å²) in [4.78, 5) is 24.8. The average molecular weight is 484 g/mol. The van der Waals surface area contributed by atoms with Crippen LogP contribution in [0.15, 0.2) is 70.7 Å². The van der Waals surface area contributed by atoms with E-state index in [4.69, 9.17) is 0 Å². The number of rotatable bonds is 10. The number of hydrogen-bond acceptors (Lipinski definition) is 4. The third-order valence-electron chi connectivity index (χ3n) is 5.71. The van der Waals surface area contributed by atoms with E-state index >= 15 is 0 Å². The molecule has 6 heteroatoms. The Balaban J connectivity index is 0.00000145. The lowest BCUT2D eigenvalue weighted by Gasteiger charge is -2.15.